The van der Waals surface area contributed by atoms with E-state index in [2.05, 4.69) is 27.4 Å². The van der Waals surface area contributed by atoms with E-state index in [0.717, 1.165) is 25.8 Å². The van der Waals surface area contributed by atoms with Crippen LogP contribution in [-0.2, 0) is 0 Å². The van der Waals surface area contributed by atoms with Crippen LogP contribution in [-0.4, -0.2) is 22.2 Å². The van der Waals surface area contributed by atoms with Crippen LogP contribution in [0.5, 0.6) is 0 Å². The molecule has 1 aromatic heterocycles. The number of H-pyrrole nitrogens is 2. The number of nitrogens with zero attached hydrogens (tertiary/aromatic N) is 1. The molecule has 6 nitrogen and oxygen atoms in total. The lowest BCUT2D eigenvalue weighted by Gasteiger charge is -2.04. The zero-order valence-corrected chi connectivity index (χ0v) is 11.1. The Hall–Kier alpha value is -1.85. The normalized spacial score (nSPS) is 11.6. The van der Waals surface area contributed by atoms with E-state index in [1.165, 1.54) is 0 Å². The second-order valence-corrected chi connectivity index (χ2v) is 4.22. The number of aromatic amines is 2. The molecule has 0 saturated heterocycles. The van der Waals surface area contributed by atoms with Crippen LogP contribution >= 0.6 is 0 Å². The van der Waals surface area contributed by atoms with Crippen LogP contribution in [0.3, 0.4) is 0 Å². The molecule has 1 heterocycles. The Bertz CT molecular complexity index is 528. The predicted molar refractivity (Wildman–Crippen MR) is 72.2 cm³/mol. The Morgan fingerprint density at radius 3 is 2.61 bits per heavy atom. The Balaban J connectivity index is 2.78. The molecule has 0 aromatic carbocycles. The van der Waals surface area contributed by atoms with Crippen LogP contribution in [0, 0.1) is 6.92 Å². The molecule has 18 heavy (non-hydrogen) atoms. The first-order chi connectivity index (χ1) is 8.56. The van der Waals surface area contributed by atoms with Crippen molar-refractivity contribution in [1.82, 2.24) is 15.4 Å². The van der Waals surface area contributed by atoms with Crippen molar-refractivity contribution in [2.45, 2.75) is 40.0 Å². The molecule has 0 aliphatic heterocycles. The molecule has 3 N–H and O–H groups in total. The van der Waals surface area contributed by atoms with Crippen molar-refractivity contribution >= 4 is 5.71 Å². The van der Waals surface area contributed by atoms with Gasteiger partial charge in [0.1, 0.15) is 0 Å². The fourth-order valence-electron chi connectivity index (χ4n) is 1.72. The van der Waals surface area contributed by atoms with Crippen molar-refractivity contribution in [2.24, 2.45) is 5.10 Å². The van der Waals surface area contributed by atoms with Gasteiger partial charge >= 0.3 is 5.69 Å². The minimum Gasteiger partial charge on any atom is -0.311 e. The molecule has 100 valence electrons. The lowest BCUT2D eigenvalue weighted by Crippen LogP contribution is -2.29. The molecular formula is C12H20N4O2. The zero-order chi connectivity index (χ0) is 13.5. The highest BCUT2D eigenvalue weighted by atomic mass is 16.2. The van der Waals surface area contributed by atoms with E-state index >= 15 is 0 Å². The van der Waals surface area contributed by atoms with Crippen LogP contribution in [0.15, 0.2) is 14.7 Å². The Morgan fingerprint density at radius 2 is 2.00 bits per heavy atom. The van der Waals surface area contributed by atoms with E-state index in [0.29, 0.717) is 17.0 Å². The van der Waals surface area contributed by atoms with Crippen LogP contribution in [0.1, 0.15) is 44.4 Å². The molecule has 1 rings (SSSR count). The summed E-state index contributed by atoms with van der Waals surface area (Å²) in [5.74, 6) is 0. The summed E-state index contributed by atoms with van der Waals surface area (Å²) in [5, 5.41) is 4.14. The molecule has 6 heteroatoms. The molecule has 0 atom stereocenters. The Labute approximate surface area is 106 Å². The first-order valence-corrected chi connectivity index (χ1v) is 6.17. The third kappa shape index (κ3) is 3.87. The number of unbranched alkanes of at least 4 members (excludes halogenated alkanes) is 2. The van der Waals surface area contributed by atoms with Gasteiger partial charge in [-0.1, -0.05) is 19.8 Å². The Kier molecular flexibility index (Phi) is 5.35. The molecule has 0 spiro atoms. The van der Waals surface area contributed by atoms with E-state index in [4.69, 9.17) is 0 Å². The quantitative estimate of drug-likeness (QED) is 0.399. The Morgan fingerprint density at radius 1 is 1.28 bits per heavy atom. The summed E-state index contributed by atoms with van der Waals surface area (Å²) in [7, 11) is 0. The number of aryl methyl sites for hydroxylation is 1. The predicted octanol–water partition coefficient (Wildman–Crippen LogP) is 0.875. The van der Waals surface area contributed by atoms with Crippen molar-refractivity contribution in [2.75, 3.05) is 6.54 Å². The lowest BCUT2D eigenvalue weighted by molar-refractivity contribution is 0.639. The molecule has 0 saturated carbocycles. The molecule has 0 bridgehead atoms. The highest BCUT2D eigenvalue weighted by Crippen LogP contribution is 1.97. The smallest absolute Gasteiger partial charge is 0.311 e. The van der Waals surface area contributed by atoms with Crippen molar-refractivity contribution < 1.29 is 0 Å². The molecule has 0 unspecified atom stereocenters. The minimum atomic E-state index is -0.495. The molecule has 0 radical (unpaired) electrons. The molecule has 0 amide bonds. The fraction of sp³-hybridized carbons (Fsp3) is 0.583. The highest BCUT2D eigenvalue weighted by Gasteiger charge is 2.08. The summed E-state index contributed by atoms with van der Waals surface area (Å²) in [6.45, 7) is 6.34. The van der Waals surface area contributed by atoms with E-state index in [9.17, 15) is 9.59 Å². The third-order valence-corrected chi connectivity index (χ3v) is 2.63. The van der Waals surface area contributed by atoms with Gasteiger partial charge in [0.15, 0.2) is 0 Å². The lowest BCUT2D eigenvalue weighted by atomic mass is 10.1. The van der Waals surface area contributed by atoms with Crippen molar-refractivity contribution in [3.05, 3.63) is 32.1 Å². The first-order valence-electron chi connectivity index (χ1n) is 6.17. The summed E-state index contributed by atoms with van der Waals surface area (Å²) in [6, 6.07) is 0. The maximum Gasteiger partial charge on any atom is 0.325 e. The summed E-state index contributed by atoms with van der Waals surface area (Å²) < 4.78 is 0. The average Bonchev–Trinajstić information content (AvgIpc) is 2.27. The van der Waals surface area contributed by atoms with Gasteiger partial charge in [0.2, 0.25) is 0 Å². The number of nitrogens with one attached hydrogen (secondary N) is 3. The van der Waals surface area contributed by atoms with Gasteiger partial charge in [0.25, 0.3) is 5.56 Å². The number of hydrazone groups is 1. The second kappa shape index (κ2) is 6.78. The second-order valence-electron chi connectivity index (χ2n) is 4.22. The minimum absolute atomic E-state index is 0.409. The van der Waals surface area contributed by atoms with Gasteiger partial charge in [0, 0.05) is 12.2 Å². The number of aromatic nitrogens is 2. The molecule has 0 fully saturated rings. The van der Waals surface area contributed by atoms with Gasteiger partial charge in [-0.15, -0.1) is 0 Å². The van der Waals surface area contributed by atoms with Crippen LogP contribution in [0.4, 0.5) is 0 Å². The summed E-state index contributed by atoms with van der Waals surface area (Å²) >= 11 is 0. The standard InChI is InChI=1S/C12H20N4O2/c1-4-5-6-7-13-16-9(3)10-8(2)14-12(18)15-11(10)17/h13H,4-7H2,1-3H3,(H2,14,15,17,18)/b16-9+. The van der Waals surface area contributed by atoms with Crippen LogP contribution < -0.4 is 16.7 Å². The van der Waals surface area contributed by atoms with Gasteiger partial charge in [-0.05, 0) is 20.3 Å². The largest absolute Gasteiger partial charge is 0.325 e. The average molecular weight is 252 g/mol. The molecule has 0 aliphatic rings. The zero-order valence-electron chi connectivity index (χ0n) is 11.1. The molecule has 0 aliphatic carbocycles. The van der Waals surface area contributed by atoms with Gasteiger partial charge in [-0.3, -0.25) is 9.78 Å². The van der Waals surface area contributed by atoms with Gasteiger partial charge in [-0.25, -0.2) is 4.79 Å². The number of hydrogen-bond acceptors (Lipinski definition) is 4. The van der Waals surface area contributed by atoms with E-state index in [-0.39, 0.29) is 0 Å². The van der Waals surface area contributed by atoms with E-state index < -0.39 is 11.2 Å². The third-order valence-electron chi connectivity index (χ3n) is 2.63. The first kappa shape index (κ1) is 14.2. The van der Waals surface area contributed by atoms with E-state index in [1.54, 1.807) is 13.8 Å². The van der Waals surface area contributed by atoms with E-state index in [1.807, 2.05) is 0 Å². The fourth-order valence-corrected chi connectivity index (χ4v) is 1.72. The summed E-state index contributed by atoms with van der Waals surface area (Å²) in [5.41, 5.74) is 3.54. The van der Waals surface area contributed by atoms with Crippen molar-refractivity contribution in [1.29, 1.82) is 0 Å². The maximum atomic E-state index is 11.7. The molecular weight excluding hydrogens is 232 g/mol. The van der Waals surface area contributed by atoms with Gasteiger partial charge < -0.3 is 10.4 Å². The maximum absolute atomic E-state index is 11.7. The van der Waals surface area contributed by atoms with Crippen molar-refractivity contribution in [3.63, 3.8) is 0 Å². The van der Waals surface area contributed by atoms with Crippen LogP contribution in [0.25, 0.3) is 0 Å². The SMILES string of the molecule is CCCCCN/N=C(\C)c1c(C)[nH]c(=O)[nH]c1=O. The topological polar surface area (TPSA) is 90.1 Å². The molecule has 1 aromatic rings. The van der Waals surface area contributed by atoms with Crippen LogP contribution in [0.2, 0.25) is 0 Å². The van der Waals surface area contributed by atoms with Gasteiger partial charge in [0.05, 0.1) is 11.3 Å². The number of hydrogen-bond donors (Lipinski definition) is 3. The monoisotopic (exact) mass is 252 g/mol. The number of rotatable bonds is 6. The highest BCUT2D eigenvalue weighted by molar-refractivity contribution is 5.99. The summed E-state index contributed by atoms with van der Waals surface area (Å²) in [6.07, 6.45) is 3.36. The van der Waals surface area contributed by atoms with Gasteiger partial charge in [-0.2, -0.15) is 5.10 Å². The summed E-state index contributed by atoms with van der Waals surface area (Å²) in [4.78, 5) is 27.5. The van der Waals surface area contributed by atoms with Crippen molar-refractivity contribution in [3.8, 4) is 0 Å².